The summed E-state index contributed by atoms with van der Waals surface area (Å²) >= 11 is 0. The highest BCUT2D eigenvalue weighted by atomic mass is 16.3. The molecular formula is C25H26N6O4. The van der Waals surface area contributed by atoms with Crippen LogP contribution in [0.25, 0.3) is 16.7 Å². The summed E-state index contributed by atoms with van der Waals surface area (Å²) in [4.78, 5) is 46.6. The first-order valence-corrected chi connectivity index (χ1v) is 11.5. The minimum absolute atomic E-state index is 0.139. The molecule has 5 rings (SSSR count). The molecule has 35 heavy (non-hydrogen) atoms. The zero-order valence-corrected chi connectivity index (χ0v) is 19.6. The van der Waals surface area contributed by atoms with Gasteiger partial charge >= 0.3 is 11.4 Å². The van der Waals surface area contributed by atoms with E-state index < -0.39 is 17.1 Å². The Labute approximate surface area is 200 Å². The van der Waals surface area contributed by atoms with Gasteiger partial charge in [0.15, 0.2) is 0 Å². The first-order chi connectivity index (χ1) is 16.9. The maximum Gasteiger partial charge on any atom is 0.335 e. The molecule has 2 N–H and O–H groups in total. The molecule has 1 saturated heterocycles. The van der Waals surface area contributed by atoms with Crippen LogP contribution in [0.5, 0.6) is 5.88 Å². The SMILES string of the molecule is Cn1c(=O)n(C)c2cc(N3CCCCC3)c(N=Cc3c(O)n(-c4ccccc4)c(=O)[nH]c3=O)cc21. The lowest BCUT2D eigenvalue weighted by Crippen LogP contribution is -2.31. The molecule has 0 aliphatic carbocycles. The van der Waals surface area contributed by atoms with Gasteiger partial charge in [0.05, 0.1) is 28.1 Å². The fourth-order valence-electron chi connectivity index (χ4n) is 4.62. The van der Waals surface area contributed by atoms with E-state index >= 15 is 0 Å². The van der Waals surface area contributed by atoms with Crippen LogP contribution < -0.4 is 21.8 Å². The smallest absolute Gasteiger partial charge is 0.335 e. The Hall–Kier alpha value is -4.34. The summed E-state index contributed by atoms with van der Waals surface area (Å²) in [6.07, 6.45) is 4.53. The summed E-state index contributed by atoms with van der Waals surface area (Å²) in [5.74, 6) is -0.499. The highest BCUT2D eigenvalue weighted by Crippen LogP contribution is 2.35. The van der Waals surface area contributed by atoms with Crippen molar-refractivity contribution in [2.75, 3.05) is 18.0 Å². The average Bonchev–Trinajstić information content (AvgIpc) is 3.07. The van der Waals surface area contributed by atoms with Crippen LogP contribution in [0.15, 0.2) is 61.8 Å². The van der Waals surface area contributed by atoms with E-state index in [1.54, 1.807) is 53.6 Å². The molecule has 1 aliphatic heterocycles. The molecule has 0 atom stereocenters. The summed E-state index contributed by atoms with van der Waals surface area (Å²) in [5.41, 5.74) is 1.55. The molecule has 0 bridgehead atoms. The van der Waals surface area contributed by atoms with E-state index in [4.69, 9.17) is 0 Å². The number of hydrogen-bond donors (Lipinski definition) is 2. The number of aromatic hydroxyl groups is 1. The van der Waals surface area contributed by atoms with Crippen molar-refractivity contribution in [2.24, 2.45) is 19.1 Å². The Morgan fingerprint density at radius 3 is 2.29 bits per heavy atom. The predicted octanol–water partition coefficient (Wildman–Crippen LogP) is 2.16. The summed E-state index contributed by atoms with van der Waals surface area (Å²) in [6.45, 7) is 1.72. The monoisotopic (exact) mass is 474 g/mol. The Bertz CT molecular complexity index is 1620. The number of nitrogens with zero attached hydrogens (tertiary/aromatic N) is 5. The van der Waals surface area contributed by atoms with Gasteiger partial charge in [-0.1, -0.05) is 18.2 Å². The van der Waals surface area contributed by atoms with Gasteiger partial charge < -0.3 is 10.0 Å². The molecule has 10 heteroatoms. The number of para-hydroxylation sites is 1. The Morgan fingerprint density at radius 1 is 0.943 bits per heavy atom. The van der Waals surface area contributed by atoms with Crippen molar-refractivity contribution in [2.45, 2.75) is 19.3 Å². The first-order valence-electron chi connectivity index (χ1n) is 11.5. The van der Waals surface area contributed by atoms with Crippen molar-refractivity contribution in [3.63, 3.8) is 0 Å². The van der Waals surface area contributed by atoms with Crippen LogP contribution in [0.3, 0.4) is 0 Å². The van der Waals surface area contributed by atoms with Crippen LogP contribution >= 0.6 is 0 Å². The highest BCUT2D eigenvalue weighted by Gasteiger charge is 2.19. The molecule has 2 aromatic heterocycles. The van der Waals surface area contributed by atoms with Crippen LogP contribution in [0.2, 0.25) is 0 Å². The van der Waals surface area contributed by atoms with Gasteiger partial charge in [-0.3, -0.25) is 23.9 Å². The maximum absolute atomic E-state index is 12.6. The molecule has 0 spiro atoms. The van der Waals surface area contributed by atoms with Gasteiger partial charge in [-0.2, -0.15) is 0 Å². The Balaban J connectivity index is 1.68. The van der Waals surface area contributed by atoms with Gasteiger partial charge in [-0.15, -0.1) is 0 Å². The molecule has 1 fully saturated rings. The normalized spacial score (nSPS) is 14.3. The summed E-state index contributed by atoms with van der Waals surface area (Å²) in [5, 5.41) is 10.8. The molecule has 2 aromatic carbocycles. The number of rotatable bonds is 4. The van der Waals surface area contributed by atoms with Gasteiger partial charge in [0.2, 0.25) is 5.88 Å². The van der Waals surface area contributed by atoms with Crippen LogP contribution in [-0.2, 0) is 14.1 Å². The minimum atomic E-state index is -0.745. The van der Waals surface area contributed by atoms with E-state index in [9.17, 15) is 19.5 Å². The molecule has 1 aliphatic rings. The van der Waals surface area contributed by atoms with Crippen molar-refractivity contribution >= 4 is 28.6 Å². The largest absolute Gasteiger partial charge is 0.493 e. The number of anilines is 1. The summed E-state index contributed by atoms with van der Waals surface area (Å²) in [6, 6.07) is 12.3. The quantitative estimate of drug-likeness (QED) is 0.440. The Morgan fingerprint density at radius 2 is 1.60 bits per heavy atom. The van der Waals surface area contributed by atoms with Crippen LogP contribution in [0, 0.1) is 0 Å². The number of nitrogens with one attached hydrogen (secondary N) is 1. The second kappa shape index (κ2) is 8.79. The van der Waals surface area contributed by atoms with Gasteiger partial charge in [-0.05, 0) is 43.5 Å². The second-order valence-corrected chi connectivity index (χ2v) is 8.70. The lowest BCUT2D eigenvalue weighted by atomic mass is 10.1. The molecule has 4 aromatic rings. The van der Waals surface area contributed by atoms with Crippen molar-refractivity contribution in [1.82, 2.24) is 18.7 Å². The number of aliphatic imine (C=N–C) groups is 1. The van der Waals surface area contributed by atoms with E-state index in [0.29, 0.717) is 16.9 Å². The van der Waals surface area contributed by atoms with E-state index in [2.05, 4.69) is 14.9 Å². The molecule has 180 valence electrons. The van der Waals surface area contributed by atoms with Gasteiger partial charge in [0.1, 0.15) is 5.56 Å². The van der Waals surface area contributed by atoms with Crippen molar-refractivity contribution < 1.29 is 5.11 Å². The van der Waals surface area contributed by atoms with E-state index in [1.165, 1.54) is 6.21 Å². The van der Waals surface area contributed by atoms with E-state index in [-0.39, 0.29) is 11.3 Å². The topological polar surface area (TPSA) is 118 Å². The third kappa shape index (κ3) is 3.86. The van der Waals surface area contributed by atoms with Crippen LogP contribution in [0.4, 0.5) is 11.4 Å². The predicted molar refractivity (Wildman–Crippen MR) is 136 cm³/mol. The highest BCUT2D eigenvalue weighted by molar-refractivity contribution is 5.91. The van der Waals surface area contributed by atoms with E-state index in [1.807, 2.05) is 12.1 Å². The summed E-state index contributed by atoms with van der Waals surface area (Å²) in [7, 11) is 3.43. The number of piperidine rings is 1. The molecular weight excluding hydrogens is 448 g/mol. The number of benzene rings is 2. The maximum atomic E-state index is 12.6. The number of aromatic nitrogens is 4. The van der Waals surface area contributed by atoms with Gasteiger partial charge in [0, 0.05) is 33.4 Å². The Kier molecular flexibility index (Phi) is 5.64. The zero-order chi connectivity index (χ0) is 24.7. The standard InChI is InChI=1S/C25H26N6O4/c1-28-20-13-18(19(30-11-7-4-8-12-30)14-21(20)29(2)25(28)35)26-15-17-22(32)27-24(34)31(23(17)33)16-9-5-3-6-10-16/h3,5-6,9-10,13-15,33H,4,7-8,11-12H2,1-2H3,(H,27,32,34). The number of aromatic amines is 1. The van der Waals surface area contributed by atoms with E-state index in [0.717, 1.165) is 48.1 Å². The molecule has 0 amide bonds. The van der Waals surface area contributed by atoms with Crippen LogP contribution in [-0.4, -0.2) is 43.1 Å². The third-order valence-corrected chi connectivity index (χ3v) is 6.53. The number of H-pyrrole nitrogens is 1. The lowest BCUT2D eigenvalue weighted by Gasteiger charge is -2.30. The minimum Gasteiger partial charge on any atom is -0.493 e. The third-order valence-electron chi connectivity index (χ3n) is 6.53. The zero-order valence-electron chi connectivity index (χ0n) is 19.6. The first kappa shape index (κ1) is 22.5. The van der Waals surface area contributed by atoms with Gasteiger partial charge in [0.25, 0.3) is 5.56 Å². The number of imidazole rings is 1. The van der Waals surface area contributed by atoms with Crippen LogP contribution in [0.1, 0.15) is 24.8 Å². The van der Waals surface area contributed by atoms with Gasteiger partial charge in [-0.25, -0.2) is 14.2 Å². The molecule has 0 radical (unpaired) electrons. The molecule has 3 heterocycles. The fourth-order valence-corrected chi connectivity index (χ4v) is 4.62. The second-order valence-electron chi connectivity index (χ2n) is 8.70. The number of hydrogen-bond acceptors (Lipinski definition) is 6. The molecule has 0 saturated carbocycles. The number of aryl methyl sites for hydroxylation is 2. The molecule has 0 unspecified atom stereocenters. The fraction of sp³-hybridized carbons (Fsp3) is 0.280. The average molecular weight is 475 g/mol. The summed E-state index contributed by atoms with van der Waals surface area (Å²) < 4.78 is 4.18. The lowest BCUT2D eigenvalue weighted by molar-refractivity contribution is 0.430. The van der Waals surface area contributed by atoms with Crippen molar-refractivity contribution in [3.05, 3.63) is 79.4 Å². The molecule has 10 nitrogen and oxygen atoms in total. The number of fused-ring (bicyclic) bond motifs is 1. The van der Waals surface area contributed by atoms with Crippen molar-refractivity contribution in [1.29, 1.82) is 0 Å². The van der Waals surface area contributed by atoms with Crippen molar-refractivity contribution in [3.8, 4) is 11.6 Å².